The Hall–Kier alpha value is -1.04. The van der Waals surface area contributed by atoms with Gasteiger partial charge < -0.3 is 10.2 Å². The van der Waals surface area contributed by atoms with E-state index in [1.54, 1.807) is 19.9 Å². The van der Waals surface area contributed by atoms with Gasteiger partial charge in [-0.05, 0) is 57.1 Å². The van der Waals surface area contributed by atoms with E-state index in [0.29, 0.717) is 19.3 Å². The lowest BCUT2D eigenvalue weighted by atomic mass is 9.44. The van der Waals surface area contributed by atoms with E-state index in [1.807, 2.05) is 0 Å². The summed E-state index contributed by atoms with van der Waals surface area (Å²) in [4.78, 5) is 24.3. The second kappa shape index (κ2) is 5.74. The predicted octanol–water partition coefficient (Wildman–Crippen LogP) is 2.90. The van der Waals surface area contributed by atoms with E-state index >= 15 is 4.39 Å². The van der Waals surface area contributed by atoms with Crippen LogP contribution in [0.25, 0.3) is 0 Å². The molecule has 0 spiro atoms. The number of fused-ring (bicyclic) bond motifs is 5. The van der Waals surface area contributed by atoms with E-state index in [0.717, 1.165) is 5.57 Å². The van der Waals surface area contributed by atoms with Crippen molar-refractivity contribution >= 4 is 23.2 Å². The quantitative estimate of drug-likeness (QED) is 0.704. The molecule has 3 fully saturated rings. The molecule has 0 bridgehead atoms. The van der Waals surface area contributed by atoms with Crippen LogP contribution in [-0.2, 0) is 9.59 Å². The number of allylic oxidation sites excluding steroid dienone is 4. The van der Waals surface area contributed by atoms with Gasteiger partial charge in [-0.1, -0.05) is 18.6 Å². The number of aliphatic hydroxyl groups excluding tert-OH is 1. The molecule has 0 heterocycles. The average molecular weight is 397 g/mol. The van der Waals surface area contributed by atoms with Gasteiger partial charge in [0.25, 0.3) is 0 Å². The van der Waals surface area contributed by atoms with Gasteiger partial charge in [-0.2, -0.15) is 0 Å². The Morgan fingerprint density at radius 2 is 2.04 bits per heavy atom. The molecule has 4 nitrogen and oxygen atoms in total. The molecule has 0 aromatic carbocycles. The van der Waals surface area contributed by atoms with Crippen LogP contribution in [0.2, 0.25) is 0 Å². The number of ketones is 2. The highest BCUT2D eigenvalue weighted by atomic mass is 35.5. The lowest BCUT2D eigenvalue weighted by Crippen LogP contribution is -2.69. The van der Waals surface area contributed by atoms with Crippen molar-refractivity contribution in [3.8, 4) is 0 Å². The zero-order valence-electron chi connectivity index (χ0n) is 15.7. The largest absolute Gasteiger partial charge is 0.390 e. The molecule has 0 aromatic rings. The number of rotatable bonds is 2. The number of alkyl halides is 2. The van der Waals surface area contributed by atoms with Gasteiger partial charge in [0.2, 0.25) is 0 Å². The Morgan fingerprint density at radius 3 is 2.70 bits per heavy atom. The van der Waals surface area contributed by atoms with Crippen LogP contribution in [0.15, 0.2) is 23.8 Å². The van der Waals surface area contributed by atoms with Crippen molar-refractivity contribution in [1.29, 1.82) is 0 Å². The molecule has 6 heteroatoms. The van der Waals surface area contributed by atoms with Gasteiger partial charge in [-0.15, -0.1) is 11.6 Å². The molecule has 0 amide bonds. The summed E-state index contributed by atoms with van der Waals surface area (Å²) in [6.45, 7) is 3.55. The van der Waals surface area contributed by atoms with E-state index in [1.165, 1.54) is 12.2 Å². The topological polar surface area (TPSA) is 74.6 Å². The van der Waals surface area contributed by atoms with Crippen LogP contribution in [0, 0.1) is 22.7 Å². The molecule has 7 atom stereocenters. The van der Waals surface area contributed by atoms with Gasteiger partial charge >= 0.3 is 0 Å². The van der Waals surface area contributed by atoms with Crippen molar-refractivity contribution in [2.24, 2.45) is 22.7 Å². The number of hydrogen-bond acceptors (Lipinski definition) is 4. The van der Waals surface area contributed by atoms with Gasteiger partial charge in [0.15, 0.2) is 17.2 Å². The first kappa shape index (κ1) is 19.3. The van der Waals surface area contributed by atoms with Crippen LogP contribution in [0.3, 0.4) is 0 Å². The Labute approximate surface area is 163 Å². The lowest BCUT2D eigenvalue weighted by molar-refractivity contribution is -0.216. The molecule has 3 saturated carbocycles. The number of carbonyl (C=O) groups excluding carboxylic acids is 2. The standard InChI is InChI=1S/C21H26ClFO4/c1-18-7-5-13(24)9-12(18)3-4-15-14-6-8-20(27,17(26)11-22)19(14,2)10-16(25)21(15,18)23/h5,7,9,14-16,25,27H,3-4,6,8,10-11H2,1-2H3/t14-,15-,16?,18-,19-,20-,21-/m0/s1. The fourth-order valence-electron chi connectivity index (χ4n) is 6.78. The van der Waals surface area contributed by atoms with Gasteiger partial charge in [-0.25, -0.2) is 4.39 Å². The molecule has 0 saturated heterocycles. The zero-order valence-corrected chi connectivity index (χ0v) is 16.4. The molecule has 4 rings (SSSR count). The highest BCUT2D eigenvalue weighted by molar-refractivity contribution is 6.29. The normalized spacial score (nSPS) is 51.3. The number of aliphatic hydroxyl groups is 2. The maximum absolute atomic E-state index is 16.8. The summed E-state index contributed by atoms with van der Waals surface area (Å²) in [5, 5.41) is 22.3. The van der Waals surface area contributed by atoms with Crippen molar-refractivity contribution < 1.29 is 24.2 Å². The molecule has 1 unspecified atom stereocenters. The van der Waals surface area contributed by atoms with Crippen LogP contribution in [0.4, 0.5) is 4.39 Å². The molecule has 0 aromatic heterocycles. The third-order valence-electron chi connectivity index (χ3n) is 8.38. The van der Waals surface area contributed by atoms with Gasteiger partial charge in [-0.3, -0.25) is 9.59 Å². The first-order chi connectivity index (χ1) is 12.5. The Morgan fingerprint density at radius 1 is 1.33 bits per heavy atom. The maximum Gasteiger partial charge on any atom is 0.179 e. The first-order valence-electron chi connectivity index (χ1n) is 9.67. The number of halogens is 2. The summed E-state index contributed by atoms with van der Waals surface area (Å²) in [6, 6.07) is 0. The summed E-state index contributed by atoms with van der Waals surface area (Å²) in [5.74, 6) is -1.62. The molecule has 4 aliphatic carbocycles. The molecule has 2 N–H and O–H groups in total. The van der Waals surface area contributed by atoms with Crippen molar-refractivity contribution in [3.05, 3.63) is 23.8 Å². The van der Waals surface area contributed by atoms with E-state index in [4.69, 9.17) is 11.6 Å². The summed E-state index contributed by atoms with van der Waals surface area (Å²) in [5.41, 5.74) is -4.81. The summed E-state index contributed by atoms with van der Waals surface area (Å²) >= 11 is 5.75. The highest BCUT2D eigenvalue weighted by Gasteiger charge is 2.73. The van der Waals surface area contributed by atoms with Crippen molar-refractivity contribution in [1.82, 2.24) is 0 Å². The minimum absolute atomic E-state index is 0.00550. The SMILES string of the molecule is C[C@]12C=CC(=O)C=C1CC[C@H]1[C@@H]3CC[C@](O)(C(=O)CCl)[C@@]3(C)CC(O)[C@@]12F. The predicted molar refractivity (Wildman–Crippen MR) is 99.0 cm³/mol. The van der Waals surface area contributed by atoms with E-state index in [-0.39, 0.29) is 30.4 Å². The molecular formula is C21H26ClFO4. The van der Waals surface area contributed by atoms with E-state index in [9.17, 15) is 19.8 Å². The second-order valence-electron chi connectivity index (χ2n) is 9.22. The molecule has 27 heavy (non-hydrogen) atoms. The highest BCUT2D eigenvalue weighted by Crippen LogP contribution is 2.69. The fraction of sp³-hybridized carbons (Fsp3) is 0.714. The third kappa shape index (κ3) is 2.11. The monoisotopic (exact) mass is 396 g/mol. The maximum atomic E-state index is 16.8. The Balaban J connectivity index is 1.81. The molecule has 0 aliphatic heterocycles. The van der Waals surface area contributed by atoms with Gasteiger partial charge in [0.05, 0.1) is 12.0 Å². The smallest absolute Gasteiger partial charge is 0.179 e. The number of carbonyl (C=O) groups is 2. The minimum atomic E-state index is -1.94. The lowest BCUT2D eigenvalue weighted by Gasteiger charge is -2.62. The van der Waals surface area contributed by atoms with Crippen LogP contribution in [0.1, 0.15) is 46.0 Å². The number of hydrogen-bond donors (Lipinski definition) is 2. The van der Waals surface area contributed by atoms with Crippen molar-refractivity contribution in [2.45, 2.75) is 63.3 Å². The molecular weight excluding hydrogens is 371 g/mol. The second-order valence-corrected chi connectivity index (χ2v) is 9.49. The number of Topliss-reactive ketones (excluding diaryl/α,β-unsaturated/α-hetero) is 1. The van der Waals surface area contributed by atoms with Gasteiger partial charge in [0, 0.05) is 16.7 Å². The van der Waals surface area contributed by atoms with Crippen LogP contribution < -0.4 is 0 Å². The van der Waals surface area contributed by atoms with E-state index in [2.05, 4.69) is 0 Å². The zero-order chi connectivity index (χ0) is 19.8. The summed E-state index contributed by atoms with van der Waals surface area (Å²) < 4.78 is 16.8. The third-order valence-corrected chi connectivity index (χ3v) is 8.62. The minimum Gasteiger partial charge on any atom is -0.390 e. The summed E-state index contributed by atoms with van der Waals surface area (Å²) in [7, 11) is 0. The molecule has 4 aliphatic rings. The van der Waals surface area contributed by atoms with Crippen LogP contribution in [-0.4, -0.2) is 45.0 Å². The van der Waals surface area contributed by atoms with E-state index < -0.39 is 39.9 Å². The van der Waals surface area contributed by atoms with Crippen LogP contribution >= 0.6 is 11.6 Å². The fourth-order valence-corrected chi connectivity index (χ4v) is 7.00. The van der Waals surface area contributed by atoms with Crippen molar-refractivity contribution in [3.63, 3.8) is 0 Å². The summed E-state index contributed by atoms with van der Waals surface area (Å²) in [6.07, 6.45) is 4.97. The Kier molecular flexibility index (Phi) is 4.10. The van der Waals surface area contributed by atoms with Gasteiger partial charge in [0.1, 0.15) is 5.60 Å². The first-order valence-corrected chi connectivity index (χ1v) is 10.2. The van der Waals surface area contributed by atoms with Crippen molar-refractivity contribution in [2.75, 3.05) is 5.88 Å². The molecule has 0 radical (unpaired) electrons. The average Bonchev–Trinajstić information content (AvgIpc) is 2.88. The Bertz CT molecular complexity index is 778. The van der Waals surface area contributed by atoms with Crippen LogP contribution in [0.5, 0.6) is 0 Å². The molecule has 148 valence electrons.